The molecule has 1 saturated carbocycles. The van der Waals surface area contributed by atoms with Crippen LogP contribution in [0.1, 0.15) is 30.0 Å². The van der Waals surface area contributed by atoms with E-state index in [-0.39, 0.29) is 5.56 Å². The fraction of sp³-hybridized carbons (Fsp3) is 0.308. The zero-order chi connectivity index (χ0) is 12.0. The average Bonchev–Trinajstić information content (AvgIpc) is 3.11. The quantitative estimate of drug-likeness (QED) is 0.907. The van der Waals surface area contributed by atoms with Crippen LogP contribution in [-0.4, -0.2) is 9.78 Å². The van der Waals surface area contributed by atoms with Crippen LogP contribution in [0.5, 0.6) is 0 Å². The Bertz CT molecular complexity index is 623. The summed E-state index contributed by atoms with van der Waals surface area (Å²) in [4.78, 5) is 12.2. The number of hydrogen-bond donors (Lipinski definition) is 1. The summed E-state index contributed by atoms with van der Waals surface area (Å²) in [5, 5.41) is 3.23. The maximum absolute atomic E-state index is 12.2. The van der Waals surface area contributed by atoms with E-state index in [1.54, 1.807) is 4.68 Å². The van der Waals surface area contributed by atoms with Gasteiger partial charge in [0, 0.05) is 5.92 Å². The smallest absolute Gasteiger partial charge is 0.285 e. The maximum atomic E-state index is 12.2. The van der Waals surface area contributed by atoms with E-state index in [9.17, 15) is 4.79 Å². The number of H-pyrrole nitrogens is 1. The van der Waals surface area contributed by atoms with Crippen molar-refractivity contribution in [1.82, 2.24) is 9.78 Å². The van der Waals surface area contributed by atoms with Gasteiger partial charge in [0.1, 0.15) is 4.47 Å². The average molecular weight is 293 g/mol. The lowest BCUT2D eigenvalue weighted by Crippen LogP contribution is -2.15. The molecule has 0 spiro atoms. The molecule has 0 atom stereocenters. The fourth-order valence-electron chi connectivity index (χ4n) is 2.06. The van der Waals surface area contributed by atoms with Crippen molar-refractivity contribution in [3.63, 3.8) is 0 Å². The summed E-state index contributed by atoms with van der Waals surface area (Å²) >= 11 is 3.40. The third-order valence-corrected chi connectivity index (χ3v) is 3.97. The molecule has 1 aliphatic rings. The van der Waals surface area contributed by atoms with Gasteiger partial charge in [-0.2, -0.15) is 0 Å². The molecule has 1 N–H and O–H groups in total. The van der Waals surface area contributed by atoms with E-state index in [2.05, 4.69) is 21.0 Å². The number of aromatic nitrogens is 2. The second-order valence-electron chi connectivity index (χ2n) is 4.54. The minimum Gasteiger partial charge on any atom is -0.294 e. The summed E-state index contributed by atoms with van der Waals surface area (Å²) < 4.78 is 2.32. The predicted octanol–water partition coefficient (Wildman–Crippen LogP) is 3.11. The molecule has 0 aliphatic heterocycles. The molecule has 88 valence electrons. The zero-order valence-electron chi connectivity index (χ0n) is 9.53. The molecule has 0 unspecified atom stereocenters. The van der Waals surface area contributed by atoms with Crippen molar-refractivity contribution in [3.05, 3.63) is 50.3 Å². The molecule has 1 aromatic heterocycles. The van der Waals surface area contributed by atoms with Gasteiger partial charge in [0.25, 0.3) is 5.56 Å². The van der Waals surface area contributed by atoms with Gasteiger partial charge in [-0.05, 0) is 47.3 Å². The van der Waals surface area contributed by atoms with Crippen LogP contribution in [0.25, 0.3) is 5.69 Å². The summed E-state index contributed by atoms with van der Waals surface area (Å²) in [5.74, 6) is 0.530. The van der Waals surface area contributed by atoms with Gasteiger partial charge in [-0.3, -0.25) is 9.89 Å². The molecule has 3 rings (SSSR count). The first-order chi connectivity index (χ1) is 8.18. The SMILES string of the molecule is Cc1ccccc1-n1[nH]c(C2CC2)c(Br)c1=O. The number of rotatable bonds is 2. The Hall–Kier alpha value is -1.29. The minimum absolute atomic E-state index is 0.00111. The van der Waals surface area contributed by atoms with Gasteiger partial charge in [-0.15, -0.1) is 0 Å². The Morgan fingerprint density at radius 1 is 1.35 bits per heavy atom. The van der Waals surface area contributed by atoms with Gasteiger partial charge in [-0.1, -0.05) is 18.2 Å². The van der Waals surface area contributed by atoms with Crippen molar-refractivity contribution in [2.45, 2.75) is 25.7 Å². The van der Waals surface area contributed by atoms with Gasteiger partial charge in [-0.25, -0.2) is 4.68 Å². The van der Waals surface area contributed by atoms with Crippen LogP contribution in [0.2, 0.25) is 0 Å². The predicted molar refractivity (Wildman–Crippen MR) is 70.8 cm³/mol. The zero-order valence-corrected chi connectivity index (χ0v) is 11.1. The first-order valence-corrected chi connectivity index (χ1v) is 6.54. The van der Waals surface area contributed by atoms with Crippen molar-refractivity contribution in [3.8, 4) is 5.69 Å². The molecule has 17 heavy (non-hydrogen) atoms. The lowest BCUT2D eigenvalue weighted by molar-refractivity contribution is 0.811. The van der Waals surface area contributed by atoms with Gasteiger partial charge < -0.3 is 0 Å². The van der Waals surface area contributed by atoms with E-state index < -0.39 is 0 Å². The summed E-state index contributed by atoms with van der Waals surface area (Å²) in [7, 11) is 0. The van der Waals surface area contributed by atoms with Crippen LogP contribution in [-0.2, 0) is 0 Å². The van der Waals surface area contributed by atoms with E-state index in [1.807, 2.05) is 31.2 Å². The minimum atomic E-state index is 0.00111. The lowest BCUT2D eigenvalue weighted by atomic mass is 10.2. The number of aromatic amines is 1. The third kappa shape index (κ3) is 1.76. The summed E-state index contributed by atoms with van der Waals surface area (Å²) in [6, 6.07) is 7.88. The van der Waals surface area contributed by atoms with E-state index in [4.69, 9.17) is 0 Å². The first kappa shape index (κ1) is 10.8. The number of para-hydroxylation sites is 1. The third-order valence-electron chi connectivity index (χ3n) is 3.20. The number of benzene rings is 1. The number of hydrogen-bond acceptors (Lipinski definition) is 1. The number of aryl methyl sites for hydroxylation is 1. The van der Waals surface area contributed by atoms with E-state index in [1.165, 1.54) is 12.8 Å². The van der Waals surface area contributed by atoms with Crippen molar-refractivity contribution < 1.29 is 0 Å². The van der Waals surface area contributed by atoms with E-state index >= 15 is 0 Å². The Morgan fingerprint density at radius 3 is 2.71 bits per heavy atom. The Labute approximate surface area is 108 Å². The highest BCUT2D eigenvalue weighted by Gasteiger charge is 2.29. The summed E-state index contributed by atoms with van der Waals surface area (Å²) in [6.07, 6.45) is 2.35. The normalized spacial score (nSPS) is 15.2. The molecule has 1 aliphatic carbocycles. The van der Waals surface area contributed by atoms with Crippen LogP contribution < -0.4 is 5.56 Å². The van der Waals surface area contributed by atoms with Gasteiger partial charge in [0.05, 0.1) is 11.4 Å². The Balaban J connectivity index is 2.18. The second kappa shape index (κ2) is 3.88. The van der Waals surface area contributed by atoms with Crippen LogP contribution in [0, 0.1) is 6.92 Å². The van der Waals surface area contributed by atoms with Gasteiger partial charge >= 0.3 is 0 Å². The van der Waals surface area contributed by atoms with Crippen LogP contribution >= 0.6 is 15.9 Å². The lowest BCUT2D eigenvalue weighted by Gasteiger charge is -2.05. The molecule has 3 nitrogen and oxygen atoms in total. The highest BCUT2D eigenvalue weighted by atomic mass is 79.9. The molecule has 4 heteroatoms. The number of halogens is 1. The molecule has 0 saturated heterocycles. The molecule has 0 amide bonds. The topological polar surface area (TPSA) is 37.8 Å². The number of nitrogens with one attached hydrogen (secondary N) is 1. The van der Waals surface area contributed by atoms with Crippen molar-refractivity contribution in [2.75, 3.05) is 0 Å². The first-order valence-electron chi connectivity index (χ1n) is 5.75. The molecular formula is C13H13BrN2O. The molecule has 1 fully saturated rings. The summed E-state index contributed by atoms with van der Waals surface area (Å²) in [6.45, 7) is 2.01. The van der Waals surface area contributed by atoms with Crippen LogP contribution in [0.4, 0.5) is 0 Å². The Morgan fingerprint density at radius 2 is 2.06 bits per heavy atom. The molecule has 0 bridgehead atoms. The molecule has 0 radical (unpaired) electrons. The van der Waals surface area contributed by atoms with Crippen molar-refractivity contribution in [2.24, 2.45) is 0 Å². The highest BCUT2D eigenvalue weighted by Crippen LogP contribution is 2.41. The largest absolute Gasteiger partial charge is 0.294 e. The van der Waals surface area contributed by atoms with E-state index in [0.717, 1.165) is 16.9 Å². The maximum Gasteiger partial charge on any atom is 0.285 e. The highest BCUT2D eigenvalue weighted by molar-refractivity contribution is 9.10. The molecular weight excluding hydrogens is 280 g/mol. The van der Waals surface area contributed by atoms with Gasteiger partial charge in [0.15, 0.2) is 0 Å². The molecule has 1 heterocycles. The Kier molecular flexibility index (Phi) is 2.47. The standard InChI is InChI=1S/C13H13BrN2O/c1-8-4-2-3-5-10(8)16-13(17)11(14)12(15-16)9-6-7-9/h2-5,9,15H,6-7H2,1H3. The van der Waals surface area contributed by atoms with E-state index in [0.29, 0.717) is 10.4 Å². The second-order valence-corrected chi connectivity index (χ2v) is 5.33. The molecule has 1 aromatic carbocycles. The van der Waals surface area contributed by atoms with Crippen LogP contribution in [0.15, 0.2) is 33.5 Å². The van der Waals surface area contributed by atoms with Gasteiger partial charge in [0.2, 0.25) is 0 Å². The fourth-order valence-corrected chi connectivity index (χ4v) is 2.65. The van der Waals surface area contributed by atoms with Crippen LogP contribution in [0.3, 0.4) is 0 Å². The monoisotopic (exact) mass is 292 g/mol. The number of nitrogens with zero attached hydrogens (tertiary/aromatic N) is 1. The summed E-state index contributed by atoms with van der Waals surface area (Å²) in [5.41, 5.74) is 3.05. The molecule has 2 aromatic rings. The van der Waals surface area contributed by atoms with Crippen molar-refractivity contribution in [1.29, 1.82) is 0 Å². The van der Waals surface area contributed by atoms with Crippen molar-refractivity contribution >= 4 is 15.9 Å².